The van der Waals surface area contributed by atoms with Crippen LogP contribution in [0, 0.1) is 0 Å². The molecule has 1 N–H and O–H groups in total. The molecule has 0 radical (unpaired) electrons. The average Bonchev–Trinajstić information content (AvgIpc) is 3.72. The van der Waals surface area contributed by atoms with Crippen molar-refractivity contribution >= 4 is 22.9 Å². The lowest BCUT2D eigenvalue weighted by Gasteiger charge is -2.36. The highest BCUT2D eigenvalue weighted by Gasteiger charge is 2.42. The summed E-state index contributed by atoms with van der Waals surface area (Å²) in [5.41, 5.74) is 5.02. The van der Waals surface area contributed by atoms with Gasteiger partial charge in [-0.1, -0.05) is 29.8 Å². The molecular formula is C38H48N6O4. The Bertz CT molecular complexity index is 1720. The second kappa shape index (κ2) is 14.7. The number of pyridine rings is 1. The lowest BCUT2D eigenvalue weighted by molar-refractivity contribution is 0.0779. The Labute approximate surface area is 283 Å². The van der Waals surface area contributed by atoms with E-state index >= 15 is 0 Å². The van der Waals surface area contributed by atoms with E-state index in [1.807, 2.05) is 29.4 Å². The zero-order valence-electron chi connectivity index (χ0n) is 28.9. The number of carbonyl (C=O) groups is 1. The first-order valence-electron chi connectivity index (χ1n) is 16.9. The predicted molar refractivity (Wildman–Crippen MR) is 189 cm³/mol. The molecule has 254 valence electrons. The maximum absolute atomic E-state index is 13.9. The van der Waals surface area contributed by atoms with Crippen LogP contribution in [-0.4, -0.2) is 90.3 Å². The van der Waals surface area contributed by atoms with E-state index in [1.165, 1.54) is 11.1 Å². The van der Waals surface area contributed by atoms with E-state index in [0.717, 1.165) is 68.8 Å². The highest BCUT2D eigenvalue weighted by atomic mass is 16.5. The number of hydrogen-bond acceptors (Lipinski definition) is 8. The van der Waals surface area contributed by atoms with Crippen LogP contribution in [0.3, 0.4) is 0 Å². The number of nitrogens with zero attached hydrogens (tertiary/aromatic N) is 5. The summed E-state index contributed by atoms with van der Waals surface area (Å²) in [5, 5.41) is 3.79. The minimum Gasteiger partial charge on any atom is -0.493 e. The third-order valence-electron chi connectivity index (χ3n) is 9.99. The van der Waals surface area contributed by atoms with Gasteiger partial charge in [0.15, 0.2) is 11.5 Å². The summed E-state index contributed by atoms with van der Waals surface area (Å²) in [5.74, 6) is 2.33. The van der Waals surface area contributed by atoms with Crippen molar-refractivity contribution in [1.82, 2.24) is 24.3 Å². The number of likely N-dealkylation sites (tertiary alicyclic amines) is 2. The van der Waals surface area contributed by atoms with Gasteiger partial charge in [0.2, 0.25) is 11.7 Å². The third kappa shape index (κ3) is 6.99. The van der Waals surface area contributed by atoms with Gasteiger partial charge in [0, 0.05) is 62.1 Å². The molecule has 6 rings (SSSR count). The summed E-state index contributed by atoms with van der Waals surface area (Å²) >= 11 is 0. The lowest BCUT2D eigenvalue weighted by atomic mass is 9.77. The van der Waals surface area contributed by atoms with Crippen LogP contribution in [0.15, 0.2) is 72.6 Å². The highest BCUT2D eigenvalue weighted by Crippen LogP contribution is 2.41. The number of fused-ring (bicyclic) bond motifs is 1. The Morgan fingerprint density at radius 1 is 1.00 bits per heavy atom. The molecule has 10 heteroatoms. The molecule has 2 saturated heterocycles. The van der Waals surface area contributed by atoms with Crippen LogP contribution < -0.4 is 19.5 Å². The molecule has 48 heavy (non-hydrogen) atoms. The van der Waals surface area contributed by atoms with E-state index in [1.54, 1.807) is 33.5 Å². The number of hydrogen-bond donors (Lipinski definition) is 1. The molecule has 2 aliphatic rings. The minimum absolute atomic E-state index is 0.0393. The zero-order chi connectivity index (χ0) is 33.7. The van der Waals surface area contributed by atoms with Gasteiger partial charge in [-0.25, -0.2) is 4.98 Å². The van der Waals surface area contributed by atoms with Crippen LogP contribution in [-0.2, 0) is 12.0 Å². The molecule has 1 unspecified atom stereocenters. The quantitative estimate of drug-likeness (QED) is 0.182. The van der Waals surface area contributed by atoms with Crippen LogP contribution in [0.2, 0.25) is 0 Å². The molecule has 10 nitrogen and oxygen atoms in total. The van der Waals surface area contributed by atoms with E-state index in [2.05, 4.69) is 64.0 Å². The smallest absolute Gasteiger partial charge is 0.254 e. The van der Waals surface area contributed by atoms with E-state index in [-0.39, 0.29) is 11.3 Å². The lowest BCUT2D eigenvalue weighted by Crippen LogP contribution is -2.42. The number of anilines is 1. The molecule has 4 aromatic rings. The summed E-state index contributed by atoms with van der Waals surface area (Å²) < 4.78 is 18.8. The fourth-order valence-corrected chi connectivity index (χ4v) is 7.19. The van der Waals surface area contributed by atoms with Crippen LogP contribution in [0.25, 0.3) is 11.0 Å². The molecule has 0 bridgehead atoms. The van der Waals surface area contributed by atoms with Crippen LogP contribution >= 0.6 is 0 Å². The number of piperidine rings is 1. The summed E-state index contributed by atoms with van der Waals surface area (Å²) in [6.07, 6.45) is 9.99. The number of aromatic nitrogens is 3. The van der Waals surface area contributed by atoms with E-state index in [4.69, 9.17) is 19.2 Å². The molecule has 2 aliphatic heterocycles. The summed E-state index contributed by atoms with van der Waals surface area (Å²) in [6, 6.07) is 16.4. The van der Waals surface area contributed by atoms with E-state index in [0.29, 0.717) is 41.9 Å². The number of allylic oxidation sites excluding steroid dienone is 2. The number of methoxy groups -OCH3 is 3. The van der Waals surface area contributed by atoms with Crippen LogP contribution in [0.5, 0.6) is 17.2 Å². The molecule has 2 aromatic heterocycles. The number of amides is 1. The number of nitrogens with one attached hydrogen (secondary N) is 1. The van der Waals surface area contributed by atoms with Gasteiger partial charge >= 0.3 is 0 Å². The topological polar surface area (TPSA) is 94.0 Å². The number of benzene rings is 2. The summed E-state index contributed by atoms with van der Waals surface area (Å²) in [4.78, 5) is 27.8. The van der Waals surface area contributed by atoms with Crippen molar-refractivity contribution in [3.8, 4) is 17.2 Å². The van der Waals surface area contributed by atoms with Gasteiger partial charge < -0.3 is 33.9 Å². The van der Waals surface area contributed by atoms with Crippen molar-refractivity contribution < 1.29 is 19.0 Å². The maximum atomic E-state index is 13.9. The van der Waals surface area contributed by atoms with E-state index < -0.39 is 0 Å². The van der Waals surface area contributed by atoms with Crippen molar-refractivity contribution in [1.29, 1.82) is 0 Å². The number of ether oxygens (including phenoxy) is 3. The molecule has 0 saturated carbocycles. The zero-order valence-corrected chi connectivity index (χ0v) is 28.9. The van der Waals surface area contributed by atoms with Crippen LogP contribution in [0.4, 0.5) is 5.95 Å². The Balaban J connectivity index is 1.12. The number of para-hydroxylation sites is 2. The SMILES string of the molecule is COc1cc(C(=O)N2CCC(CCN3CCC(Nc4nc5ccccc5n4CC=C(C)C)CC3)(c3cccnc3)C2)cc(OC)c1OC. The van der Waals surface area contributed by atoms with Crippen molar-refractivity contribution in [3.63, 3.8) is 0 Å². The summed E-state index contributed by atoms with van der Waals surface area (Å²) in [6.45, 7) is 9.38. The molecular weight excluding hydrogens is 604 g/mol. The van der Waals surface area contributed by atoms with E-state index in [9.17, 15) is 4.79 Å². The Morgan fingerprint density at radius 3 is 2.42 bits per heavy atom. The first-order valence-corrected chi connectivity index (χ1v) is 16.9. The van der Waals surface area contributed by atoms with Gasteiger partial charge in [-0.3, -0.25) is 9.78 Å². The fraction of sp³-hybridized carbons (Fsp3) is 0.447. The first-order chi connectivity index (χ1) is 23.3. The Hall–Kier alpha value is -4.57. The molecule has 1 atom stereocenters. The molecule has 2 aromatic carbocycles. The van der Waals surface area contributed by atoms with Crippen molar-refractivity contribution in [2.45, 2.75) is 57.5 Å². The second-order valence-electron chi connectivity index (χ2n) is 13.2. The number of imidazole rings is 1. The molecule has 1 amide bonds. The predicted octanol–water partition coefficient (Wildman–Crippen LogP) is 6.17. The van der Waals surface area contributed by atoms with Gasteiger partial charge in [0.25, 0.3) is 5.91 Å². The highest BCUT2D eigenvalue weighted by molar-refractivity contribution is 5.96. The Morgan fingerprint density at radius 2 is 1.75 bits per heavy atom. The fourth-order valence-electron chi connectivity index (χ4n) is 7.19. The van der Waals surface area contributed by atoms with Gasteiger partial charge in [-0.15, -0.1) is 0 Å². The van der Waals surface area contributed by atoms with Gasteiger partial charge in [-0.05, 0) is 82.0 Å². The summed E-state index contributed by atoms with van der Waals surface area (Å²) in [7, 11) is 4.69. The normalized spacial score (nSPS) is 18.6. The molecule has 0 spiro atoms. The van der Waals surface area contributed by atoms with Crippen LogP contribution in [0.1, 0.15) is 55.5 Å². The number of rotatable bonds is 12. The standard InChI is InChI=1S/C38H48N6O4/c1-27(2)12-20-44-32-11-7-6-10-31(32)41-37(44)40-30-13-18-42(19-14-30)21-15-38(29-9-8-17-39-25-29)16-22-43(26-38)36(45)28-23-33(46-3)35(48-5)34(24-28)47-4/h6-12,17,23-25,30H,13-16,18-22,26H2,1-5H3,(H,40,41). The Kier molecular flexibility index (Phi) is 10.2. The molecule has 4 heterocycles. The maximum Gasteiger partial charge on any atom is 0.254 e. The second-order valence-corrected chi connectivity index (χ2v) is 13.2. The molecule has 0 aliphatic carbocycles. The van der Waals surface area contributed by atoms with Crippen molar-refractivity contribution in [3.05, 3.63) is 83.7 Å². The van der Waals surface area contributed by atoms with Gasteiger partial charge in [-0.2, -0.15) is 0 Å². The monoisotopic (exact) mass is 652 g/mol. The average molecular weight is 653 g/mol. The minimum atomic E-state index is -0.171. The molecule has 2 fully saturated rings. The number of carbonyl (C=O) groups excluding carboxylic acids is 1. The van der Waals surface area contributed by atoms with Crippen molar-refractivity contribution in [2.24, 2.45) is 0 Å². The third-order valence-corrected chi connectivity index (χ3v) is 9.99. The van der Waals surface area contributed by atoms with Crippen molar-refractivity contribution in [2.75, 3.05) is 59.4 Å². The van der Waals surface area contributed by atoms with Gasteiger partial charge in [0.1, 0.15) is 0 Å². The van der Waals surface area contributed by atoms with Gasteiger partial charge in [0.05, 0.1) is 32.4 Å². The largest absolute Gasteiger partial charge is 0.493 e. The first kappa shape index (κ1) is 33.3.